The number of aliphatic carboxylic acids is 1. The number of likely N-dealkylation sites (tertiary alicyclic amines) is 1. The molecule has 4 heteroatoms. The van der Waals surface area contributed by atoms with Gasteiger partial charge in [0.1, 0.15) is 0 Å². The van der Waals surface area contributed by atoms with E-state index in [1.54, 1.807) is 0 Å². The van der Waals surface area contributed by atoms with Gasteiger partial charge in [-0.05, 0) is 57.0 Å². The van der Waals surface area contributed by atoms with Gasteiger partial charge >= 0.3 is 5.97 Å². The second-order valence-electron chi connectivity index (χ2n) is 5.31. The smallest absolute Gasteiger partial charge is 0.309 e. The van der Waals surface area contributed by atoms with E-state index >= 15 is 0 Å². The SMILES string of the molecule is CC1(C(=O)O)CCN(CCc2ccncc2)CC1. The summed E-state index contributed by atoms with van der Waals surface area (Å²) in [6, 6.07) is 4.07. The van der Waals surface area contributed by atoms with Gasteiger partial charge in [-0.15, -0.1) is 0 Å². The number of aromatic nitrogens is 1. The highest BCUT2D eigenvalue weighted by Crippen LogP contribution is 2.30. The van der Waals surface area contributed by atoms with E-state index in [1.165, 1.54) is 5.56 Å². The number of hydrogen-bond acceptors (Lipinski definition) is 3. The van der Waals surface area contributed by atoms with Gasteiger partial charge in [-0.2, -0.15) is 0 Å². The predicted molar refractivity (Wildman–Crippen MR) is 69.4 cm³/mol. The molecule has 0 amide bonds. The first-order chi connectivity index (χ1) is 8.60. The molecule has 0 aliphatic carbocycles. The topological polar surface area (TPSA) is 53.4 Å². The molecule has 0 saturated carbocycles. The van der Waals surface area contributed by atoms with E-state index in [-0.39, 0.29) is 0 Å². The third-order valence-corrected chi connectivity index (χ3v) is 3.94. The van der Waals surface area contributed by atoms with Crippen molar-refractivity contribution in [2.45, 2.75) is 26.2 Å². The van der Waals surface area contributed by atoms with E-state index in [9.17, 15) is 4.79 Å². The third kappa shape index (κ3) is 3.07. The minimum absolute atomic E-state index is 0.521. The fraction of sp³-hybridized carbons (Fsp3) is 0.571. The van der Waals surface area contributed by atoms with Crippen molar-refractivity contribution in [3.8, 4) is 0 Å². The molecule has 2 rings (SSSR count). The summed E-state index contributed by atoms with van der Waals surface area (Å²) >= 11 is 0. The van der Waals surface area contributed by atoms with Gasteiger partial charge in [0.2, 0.25) is 0 Å². The summed E-state index contributed by atoms with van der Waals surface area (Å²) in [5.41, 5.74) is 0.768. The number of hydrogen-bond donors (Lipinski definition) is 1. The Morgan fingerprint density at radius 2 is 2.00 bits per heavy atom. The van der Waals surface area contributed by atoms with Gasteiger partial charge in [-0.1, -0.05) is 0 Å². The molecule has 2 heterocycles. The minimum atomic E-state index is -0.656. The first-order valence-corrected chi connectivity index (χ1v) is 6.45. The lowest BCUT2D eigenvalue weighted by molar-refractivity contribution is -0.150. The van der Waals surface area contributed by atoms with Crippen LogP contribution in [0.5, 0.6) is 0 Å². The number of carboxylic acid groups (broad SMARTS) is 1. The van der Waals surface area contributed by atoms with Crippen LogP contribution in [0.1, 0.15) is 25.3 Å². The fourth-order valence-electron chi connectivity index (χ4n) is 2.32. The predicted octanol–water partition coefficient (Wildman–Crippen LogP) is 1.81. The largest absolute Gasteiger partial charge is 0.481 e. The van der Waals surface area contributed by atoms with Gasteiger partial charge < -0.3 is 10.0 Å². The lowest BCUT2D eigenvalue weighted by Gasteiger charge is -2.36. The molecule has 18 heavy (non-hydrogen) atoms. The van der Waals surface area contributed by atoms with Gasteiger partial charge in [0, 0.05) is 18.9 Å². The molecule has 0 atom stereocenters. The van der Waals surface area contributed by atoms with Crippen LogP contribution in [0.3, 0.4) is 0 Å². The van der Waals surface area contributed by atoms with Crippen LogP contribution in [0.15, 0.2) is 24.5 Å². The summed E-state index contributed by atoms with van der Waals surface area (Å²) in [5.74, 6) is -0.656. The maximum atomic E-state index is 11.1. The lowest BCUT2D eigenvalue weighted by Crippen LogP contribution is -2.43. The molecular formula is C14H20N2O2. The van der Waals surface area contributed by atoms with Crippen LogP contribution < -0.4 is 0 Å². The third-order valence-electron chi connectivity index (χ3n) is 3.94. The van der Waals surface area contributed by atoms with Crippen LogP contribution >= 0.6 is 0 Å². The quantitative estimate of drug-likeness (QED) is 0.883. The van der Waals surface area contributed by atoms with Gasteiger partial charge in [0.05, 0.1) is 5.41 Å². The van der Waals surface area contributed by atoms with E-state index in [0.29, 0.717) is 0 Å². The van der Waals surface area contributed by atoms with E-state index in [2.05, 4.69) is 9.88 Å². The number of rotatable bonds is 4. The average molecular weight is 248 g/mol. The Morgan fingerprint density at radius 1 is 1.39 bits per heavy atom. The number of nitrogens with zero attached hydrogens (tertiary/aromatic N) is 2. The molecular weight excluding hydrogens is 228 g/mol. The van der Waals surface area contributed by atoms with Crippen LogP contribution in [0.25, 0.3) is 0 Å². The maximum absolute atomic E-state index is 11.1. The molecule has 0 unspecified atom stereocenters. The second kappa shape index (κ2) is 5.48. The van der Waals surface area contributed by atoms with Crippen molar-refractivity contribution in [3.63, 3.8) is 0 Å². The van der Waals surface area contributed by atoms with Crippen LogP contribution in [-0.4, -0.2) is 40.6 Å². The van der Waals surface area contributed by atoms with Crippen molar-refractivity contribution >= 4 is 5.97 Å². The van der Waals surface area contributed by atoms with Crippen LogP contribution in [-0.2, 0) is 11.2 Å². The first-order valence-electron chi connectivity index (χ1n) is 6.45. The van der Waals surface area contributed by atoms with Crippen LogP contribution in [0.2, 0.25) is 0 Å². The van der Waals surface area contributed by atoms with Crippen LogP contribution in [0, 0.1) is 5.41 Å². The van der Waals surface area contributed by atoms with E-state index < -0.39 is 11.4 Å². The summed E-state index contributed by atoms with van der Waals surface area (Å²) in [6.45, 7) is 4.62. The molecule has 1 aliphatic rings. The van der Waals surface area contributed by atoms with E-state index in [1.807, 2.05) is 31.5 Å². The van der Waals surface area contributed by atoms with E-state index in [0.717, 1.165) is 38.9 Å². The van der Waals surface area contributed by atoms with Crippen molar-refractivity contribution in [3.05, 3.63) is 30.1 Å². The van der Waals surface area contributed by atoms with Crippen molar-refractivity contribution in [1.29, 1.82) is 0 Å². The van der Waals surface area contributed by atoms with Gasteiger partial charge in [0.25, 0.3) is 0 Å². The zero-order chi connectivity index (χ0) is 13.0. The molecule has 1 aromatic heterocycles. The highest BCUT2D eigenvalue weighted by atomic mass is 16.4. The number of carbonyl (C=O) groups is 1. The standard InChI is InChI=1S/C14H20N2O2/c1-14(13(17)18)5-10-16(11-6-14)9-4-12-2-7-15-8-3-12/h2-3,7-8H,4-6,9-11H2,1H3,(H,17,18). The van der Waals surface area contributed by atoms with Crippen LogP contribution in [0.4, 0.5) is 0 Å². The molecule has 4 nitrogen and oxygen atoms in total. The number of carboxylic acids is 1. The molecule has 1 N–H and O–H groups in total. The molecule has 1 saturated heterocycles. The Balaban J connectivity index is 1.79. The van der Waals surface area contributed by atoms with Gasteiger partial charge in [0.15, 0.2) is 0 Å². The molecule has 1 fully saturated rings. The molecule has 0 spiro atoms. The van der Waals surface area contributed by atoms with E-state index in [4.69, 9.17) is 5.11 Å². The number of piperidine rings is 1. The average Bonchev–Trinajstić information content (AvgIpc) is 2.39. The van der Waals surface area contributed by atoms with Crippen molar-refractivity contribution in [2.24, 2.45) is 5.41 Å². The normalized spacial score (nSPS) is 19.6. The van der Waals surface area contributed by atoms with Gasteiger partial charge in [-0.3, -0.25) is 9.78 Å². The Hall–Kier alpha value is -1.42. The highest BCUT2D eigenvalue weighted by Gasteiger charge is 2.36. The zero-order valence-corrected chi connectivity index (χ0v) is 10.8. The number of pyridine rings is 1. The monoisotopic (exact) mass is 248 g/mol. The Kier molecular flexibility index (Phi) is 3.97. The first kappa shape index (κ1) is 13.0. The molecule has 1 aliphatic heterocycles. The summed E-state index contributed by atoms with van der Waals surface area (Å²) in [4.78, 5) is 17.5. The lowest BCUT2D eigenvalue weighted by atomic mass is 9.80. The minimum Gasteiger partial charge on any atom is -0.481 e. The molecule has 0 aromatic carbocycles. The summed E-state index contributed by atoms with van der Waals surface area (Å²) in [6.07, 6.45) is 6.13. The fourth-order valence-corrected chi connectivity index (χ4v) is 2.32. The Labute approximate surface area is 108 Å². The zero-order valence-electron chi connectivity index (χ0n) is 10.8. The van der Waals surface area contributed by atoms with Crippen molar-refractivity contribution in [2.75, 3.05) is 19.6 Å². The van der Waals surface area contributed by atoms with Crippen molar-refractivity contribution < 1.29 is 9.90 Å². The Bertz CT molecular complexity index is 398. The molecule has 0 radical (unpaired) electrons. The summed E-state index contributed by atoms with van der Waals surface area (Å²) < 4.78 is 0. The summed E-state index contributed by atoms with van der Waals surface area (Å²) in [7, 11) is 0. The molecule has 98 valence electrons. The summed E-state index contributed by atoms with van der Waals surface area (Å²) in [5, 5.41) is 9.17. The van der Waals surface area contributed by atoms with Crippen molar-refractivity contribution in [1.82, 2.24) is 9.88 Å². The second-order valence-corrected chi connectivity index (χ2v) is 5.31. The highest BCUT2D eigenvalue weighted by molar-refractivity contribution is 5.74. The molecule has 0 bridgehead atoms. The van der Waals surface area contributed by atoms with Gasteiger partial charge in [-0.25, -0.2) is 0 Å². The maximum Gasteiger partial charge on any atom is 0.309 e. The Morgan fingerprint density at radius 3 is 2.56 bits per heavy atom. The molecule has 1 aromatic rings.